The predicted octanol–water partition coefficient (Wildman–Crippen LogP) is 2.94. The first kappa shape index (κ1) is 19.5. The molecule has 3 rings (SSSR count). The molecule has 1 atom stereocenters. The minimum atomic E-state index is -0.247. The first-order valence-electron chi connectivity index (χ1n) is 9.49. The first-order chi connectivity index (χ1) is 13.1. The molecule has 1 aromatic heterocycles. The van der Waals surface area contributed by atoms with Crippen LogP contribution >= 0.6 is 11.8 Å². The Labute approximate surface area is 164 Å². The van der Waals surface area contributed by atoms with E-state index in [4.69, 9.17) is 10.6 Å². The second-order valence-corrected chi connectivity index (χ2v) is 7.94. The van der Waals surface area contributed by atoms with E-state index >= 15 is 0 Å². The maximum absolute atomic E-state index is 12.7. The summed E-state index contributed by atoms with van der Waals surface area (Å²) in [5.74, 6) is 7.71. The summed E-state index contributed by atoms with van der Waals surface area (Å²) in [5, 5.41) is 8.68. The van der Waals surface area contributed by atoms with Crippen LogP contribution in [0.15, 0.2) is 29.4 Å². The zero-order valence-electron chi connectivity index (χ0n) is 15.9. The predicted molar refractivity (Wildman–Crippen MR) is 107 cm³/mol. The number of nitrogens with zero attached hydrogens (tertiary/aromatic N) is 4. The van der Waals surface area contributed by atoms with Crippen molar-refractivity contribution in [1.82, 2.24) is 19.8 Å². The number of thioether (sulfide) groups is 1. The molecule has 2 heterocycles. The van der Waals surface area contributed by atoms with Gasteiger partial charge in [-0.2, -0.15) is 0 Å². The number of nitrogens with two attached hydrogens (primary N) is 1. The van der Waals surface area contributed by atoms with E-state index in [1.807, 2.05) is 43.0 Å². The molecule has 1 aliphatic rings. The molecule has 0 bridgehead atoms. The molecular formula is C19H27N5O2S. The lowest BCUT2D eigenvalue weighted by Crippen LogP contribution is -2.37. The molecular weight excluding hydrogens is 362 g/mol. The van der Waals surface area contributed by atoms with E-state index in [-0.39, 0.29) is 11.2 Å². The molecule has 1 aromatic carbocycles. The van der Waals surface area contributed by atoms with Gasteiger partial charge in [0, 0.05) is 18.7 Å². The normalized spacial score (nSPS) is 16.0. The van der Waals surface area contributed by atoms with E-state index in [9.17, 15) is 4.79 Å². The van der Waals surface area contributed by atoms with Gasteiger partial charge in [-0.25, -0.2) is 4.68 Å². The molecule has 1 fully saturated rings. The molecule has 1 saturated heterocycles. The van der Waals surface area contributed by atoms with Crippen molar-refractivity contribution < 1.29 is 9.53 Å². The summed E-state index contributed by atoms with van der Waals surface area (Å²) >= 11 is 1.35. The number of benzene rings is 1. The maximum atomic E-state index is 12.7. The lowest BCUT2D eigenvalue weighted by atomic mass is 10.2. The van der Waals surface area contributed by atoms with E-state index in [0.717, 1.165) is 37.2 Å². The molecule has 27 heavy (non-hydrogen) atoms. The van der Waals surface area contributed by atoms with Crippen LogP contribution in [0.25, 0.3) is 11.4 Å². The van der Waals surface area contributed by atoms with Crippen molar-refractivity contribution >= 4 is 17.7 Å². The monoisotopic (exact) mass is 389 g/mol. The molecule has 0 saturated carbocycles. The highest BCUT2D eigenvalue weighted by molar-refractivity contribution is 8.00. The number of carbonyl (C=O) groups excluding carboxylic acids is 1. The Balaban J connectivity index is 1.68. The van der Waals surface area contributed by atoms with E-state index in [1.54, 1.807) is 0 Å². The lowest BCUT2D eigenvalue weighted by molar-refractivity contribution is -0.130. The number of hydrogen-bond acceptors (Lipinski definition) is 6. The second kappa shape index (κ2) is 9.12. The van der Waals surface area contributed by atoms with Gasteiger partial charge in [-0.15, -0.1) is 10.2 Å². The van der Waals surface area contributed by atoms with Crippen LogP contribution in [0, 0.1) is 0 Å². The summed E-state index contributed by atoms with van der Waals surface area (Å²) in [4.78, 5) is 14.7. The number of likely N-dealkylation sites (tertiary alicyclic amines) is 1. The van der Waals surface area contributed by atoms with E-state index < -0.39 is 0 Å². The van der Waals surface area contributed by atoms with Gasteiger partial charge in [0.15, 0.2) is 5.82 Å². The van der Waals surface area contributed by atoms with Gasteiger partial charge in [0.1, 0.15) is 5.75 Å². The highest BCUT2D eigenvalue weighted by Gasteiger charge is 2.24. The molecule has 0 aliphatic carbocycles. The number of hydrogen-bond donors (Lipinski definition) is 1. The first-order valence-corrected chi connectivity index (χ1v) is 10.4. The molecule has 8 heteroatoms. The lowest BCUT2D eigenvalue weighted by Gasteiger charge is -2.23. The minimum Gasteiger partial charge on any atom is -0.494 e. The molecule has 146 valence electrons. The van der Waals surface area contributed by atoms with Gasteiger partial charge in [-0.3, -0.25) is 4.79 Å². The Hall–Kier alpha value is -2.22. The van der Waals surface area contributed by atoms with Crippen LogP contribution in [0.4, 0.5) is 0 Å². The molecule has 1 amide bonds. The summed E-state index contributed by atoms with van der Waals surface area (Å²) in [6, 6.07) is 7.56. The van der Waals surface area contributed by atoms with Gasteiger partial charge in [-0.1, -0.05) is 24.6 Å². The third kappa shape index (κ3) is 4.74. The Bertz CT molecular complexity index is 754. The van der Waals surface area contributed by atoms with Crippen molar-refractivity contribution in [1.29, 1.82) is 0 Å². The zero-order valence-corrected chi connectivity index (χ0v) is 16.7. The topological polar surface area (TPSA) is 86.3 Å². The molecule has 0 spiro atoms. The number of amides is 1. The fraction of sp³-hybridized carbons (Fsp3) is 0.526. The van der Waals surface area contributed by atoms with Crippen molar-refractivity contribution in [2.75, 3.05) is 25.5 Å². The van der Waals surface area contributed by atoms with Crippen LogP contribution in [0.3, 0.4) is 0 Å². The van der Waals surface area contributed by atoms with Crippen molar-refractivity contribution in [3.63, 3.8) is 0 Å². The standard InChI is InChI=1S/C19H27N5O2S/c1-3-26-16-10-8-15(9-11-16)17-21-22-19(24(17)20)27-14(2)18(25)23-12-6-4-5-7-13-23/h8-11,14H,3-7,12-13,20H2,1-2H3/t14-/m1/s1. The van der Waals surface area contributed by atoms with Gasteiger partial charge in [0.05, 0.1) is 11.9 Å². The van der Waals surface area contributed by atoms with E-state index in [0.29, 0.717) is 17.6 Å². The number of carbonyl (C=O) groups is 1. The summed E-state index contributed by atoms with van der Waals surface area (Å²) in [6.07, 6.45) is 4.57. The number of aromatic nitrogens is 3. The molecule has 0 radical (unpaired) electrons. The van der Waals surface area contributed by atoms with Gasteiger partial charge >= 0.3 is 0 Å². The van der Waals surface area contributed by atoms with E-state index in [1.165, 1.54) is 29.3 Å². The van der Waals surface area contributed by atoms with Crippen molar-refractivity contribution in [3.8, 4) is 17.1 Å². The van der Waals surface area contributed by atoms with Crippen LogP contribution < -0.4 is 10.6 Å². The average molecular weight is 390 g/mol. The highest BCUT2D eigenvalue weighted by atomic mass is 32.2. The quantitative estimate of drug-likeness (QED) is 0.604. The third-order valence-corrected chi connectivity index (χ3v) is 5.68. The molecule has 7 nitrogen and oxygen atoms in total. The van der Waals surface area contributed by atoms with Crippen LogP contribution in [-0.2, 0) is 4.79 Å². The number of nitrogen functional groups attached to an aromatic ring is 1. The SMILES string of the molecule is CCOc1ccc(-c2nnc(S[C@H](C)C(=O)N3CCCCCC3)n2N)cc1. The summed E-state index contributed by atoms with van der Waals surface area (Å²) in [7, 11) is 0. The maximum Gasteiger partial charge on any atom is 0.235 e. The smallest absolute Gasteiger partial charge is 0.235 e. The largest absolute Gasteiger partial charge is 0.494 e. The summed E-state index contributed by atoms with van der Waals surface area (Å²) < 4.78 is 6.91. The Morgan fingerprint density at radius 3 is 2.48 bits per heavy atom. The molecule has 0 unspecified atom stereocenters. The molecule has 1 aliphatic heterocycles. The minimum absolute atomic E-state index is 0.146. The van der Waals surface area contributed by atoms with Crippen LogP contribution in [0.5, 0.6) is 5.75 Å². The third-order valence-electron chi connectivity index (χ3n) is 4.64. The van der Waals surface area contributed by atoms with Gasteiger partial charge in [-0.05, 0) is 51.0 Å². The summed E-state index contributed by atoms with van der Waals surface area (Å²) in [5.41, 5.74) is 0.854. The Kier molecular flexibility index (Phi) is 6.60. The second-order valence-electron chi connectivity index (χ2n) is 6.63. The van der Waals surface area contributed by atoms with Crippen molar-refractivity contribution in [3.05, 3.63) is 24.3 Å². The average Bonchev–Trinajstić information content (AvgIpc) is 2.88. The summed E-state index contributed by atoms with van der Waals surface area (Å²) in [6.45, 7) is 6.16. The highest BCUT2D eigenvalue weighted by Crippen LogP contribution is 2.27. The van der Waals surface area contributed by atoms with Crippen molar-refractivity contribution in [2.24, 2.45) is 0 Å². The Morgan fingerprint density at radius 2 is 1.85 bits per heavy atom. The van der Waals surface area contributed by atoms with E-state index in [2.05, 4.69) is 10.2 Å². The Morgan fingerprint density at radius 1 is 1.19 bits per heavy atom. The zero-order chi connectivity index (χ0) is 19.2. The van der Waals surface area contributed by atoms with Gasteiger partial charge < -0.3 is 15.5 Å². The number of rotatable bonds is 6. The van der Waals surface area contributed by atoms with Crippen LogP contribution in [0.2, 0.25) is 0 Å². The fourth-order valence-electron chi connectivity index (χ4n) is 3.18. The molecule has 2 N–H and O–H groups in total. The van der Waals surface area contributed by atoms with Crippen LogP contribution in [0.1, 0.15) is 39.5 Å². The van der Waals surface area contributed by atoms with Gasteiger partial charge in [0.25, 0.3) is 0 Å². The number of ether oxygens (including phenoxy) is 1. The van der Waals surface area contributed by atoms with Crippen LogP contribution in [-0.4, -0.2) is 50.6 Å². The van der Waals surface area contributed by atoms with Gasteiger partial charge in [0.2, 0.25) is 11.1 Å². The molecule has 2 aromatic rings. The fourth-order valence-corrected chi connectivity index (χ4v) is 4.03. The van der Waals surface area contributed by atoms with Crippen molar-refractivity contribution in [2.45, 2.75) is 49.9 Å².